The van der Waals surface area contributed by atoms with Crippen molar-refractivity contribution in [3.05, 3.63) is 59.7 Å². The largest absolute Gasteiger partial charge is 0.465 e. The fourth-order valence-corrected chi connectivity index (χ4v) is 5.85. The number of esters is 1. The first-order valence-corrected chi connectivity index (χ1v) is 10.3. The first kappa shape index (κ1) is 18.4. The number of anilines is 1. The van der Waals surface area contributed by atoms with E-state index in [2.05, 4.69) is 4.74 Å². The van der Waals surface area contributed by atoms with Gasteiger partial charge in [0, 0.05) is 11.2 Å². The van der Waals surface area contributed by atoms with Crippen molar-refractivity contribution in [2.75, 3.05) is 18.0 Å². The summed E-state index contributed by atoms with van der Waals surface area (Å²) in [5.74, 6) is -0.498. The van der Waals surface area contributed by atoms with E-state index in [9.17, 15) is 13.2 Å². The Hall–Kier alpha value is -2.38. The maximum absolute atomic E-state index is 13.2. The van der Waals surface area contributed by atoms with Gasteiger partial charge in [-0.1, -0.05) is 18.2 Å². The number of sulfonamides is 1. The van der Waals surface area contributed by atoms with Crippen molar-refractivity contribution in [1.29, 1.82) is 0 Å². The molecule has 0 spiro atoms. The maximum Gasteiger partial charge on any atom is 0.337 e. The molecular weight excluding hydrogens is 370 g/mol. The van der Waals surface area contributed by atoms with Crippen LogP contribution in [0.2, 0.25) is 0 Å². The van der Waals surface area contributed by atoms with Crippen molar-refractivity contribution in [1.82, 2.24) is 0 Å². The van der Waals surface area contributed by atoms with Crippen LogP contribution in [-0.4, -0.2) is 28.0 Å². The molecule has 0 aliphatic heterocycles. The molecule has 0 N–H and O–H groups in total. The topological polar surface area (TPSA) is 63.7 Å². The summed E-state index contributed by atoms with van der Waals surface area (Å²) in [5.41, 5.74) is 1.26. The molecule has 1 aromatic heterocycles. The van der Waals surface area contributed by atoms with Crippen LogP contribution in [0.5, 0.6) is 0 Å². The summed E-state index contributed by atoms with van der Waals surface area (Å²) < 4.78 is 33.4. The molecule has 0 unspecified atom stereocenters. The molecule has 2 aromatic carbocycles. The van der Waals surface area contributed by atoms with E-state index in [1.807, 2.05) is 38.1 Å². The number of hydrogen-bond donors (Lipinski definition) is 0. The molecule has 0 fully saturated rings. The molecule has 0 bridgehead atoms. The Bertz CT molecular complexity index is 1050. The number of thiophene rings is 1. The minimum Gasteiger partial charge on any atom is -0.465 e. The van der Waals surface area contributed by atoms with Crippen LogP contribution in [0, 0.1) is 6.92 Å². The van der Waals surface area contributed by atoms with Crippen LogP contribution in [-0.2, 0) is 14.8 Å². The molecule has 0 saturated heterocycles. The minimum absolute atomic E-state index is 0.142. The lowest BCUT2D eigenvalue weighted by atomic mass is 10.2. The highest BCUT2D eigenvalue weighted by Crippen LogP contribution is 2.39. The zero-order chi connectivity index (χ0) is 18.9. The Morgan fingerprint density at radius 1 is 1.12 bits per heavy atom. The fourth-order valence-electron chi connectivity index (χ4n) is 2.83. The second kappa shape index (κ2) is 7.09. The Kier molecular flexibility index (Phi) is 5.02. The zero-order valence-electron chi connectivity index (χ0n) is 14.7. The number of methoxy groups -OCH3 is 1. The van der Waals surface area contributed by atoms with E-state index in [1.165, 1.54) is 47.0 Å². The quantitative estimate of drug-likeness (QED) is 0.613. The third-order valence-corrected chi connectivity index (χ3v) is 7.50. The van der Waals surface area contributed by atoms with E-state index >= 15 is 0 Å². The molecule has 3 rings (SSSR count). The lowest BCUT2D eigenvalue weighted by Crippen LogP contribution is -2.30. The standard InChI is InChI=1S/C19H19NO4S2/c1-4-20(18-13(2)16-7-5-6-8-17(16)25-18)26(22,23)15-11-9-14(10-12-15)19(21)24-3/h5-12H,4H2,1-3H3. The molecule has 0 amide bonds. The van der Waals surface area contributed by atoms with Gasteiger partial charge in [0.25, 0.3) is 10.0 Å². The molecule has 26 heavy (non-hydrogen) atoms. The van der Waals surface area contributed by atoms with E-state index < -0.39 is 16.0 Å². The monoisotopic (exact) mass is 389 g/mol. The minimum atomic E-state index is -3.73. The number of hydrogen-bond acceptors (Lipinski definition) is 5. The molecule has 3 aromatic rings. The molecule has 0 aliphatic carbocycles. The Morgan fingerprint density at radius 2 is 1.77 bits per heavy atom. The number of aryl methyl sites for hydroxylation is 1. The molecule has 0 atom stereocenters. The summed E-state index contributed by atoms with van der Waals surface area (Å²) in [6.07, 6.45) is 0. The molecule has 1 heterocycles. The normalized spacial score (nSPS) is 11.5. The first-order valence-electron chi connectivity index (χ1n) is 8.09. The summed E-state index contributed by atoms with van der Waals surface area (Å²) in [4.78, 5) is 11.7. The van der Waals surface area contributed by atoms with Gasteiger partial charge in [-0.25, -0.2) is 13.2 Å². The van der Waals surface area contributed by atoms with Crippen molar-refractivity contribution in [3.8, 4) is 0 Å². The zero-order valence-corrected chi connectivity index (χ0v) is 16.4. The molecule has 5 nitrogen and oxygen atoms in total. The van der Waals surface area contributed by atoms with Gasteiger partial charge in [-0.15, -0.1) is 11.3 Å². The van der Waals surface area contributed by atoms with Gasteiger partial charge >= 0.3 is 5.97 Å². The highest BCUT2D eigenvalue weighted by molar-refractivity contribution is 7.93. The number of carbonyl (C=O) groups excluding carboxylic acids is 1. The van der Waals surface area contributed by atoms with E-state index in [4.69, 9.17) is 0 Å². The van der Waals surface area contributed by atoms with E-state index in [0.29, 0.717) is 17.1 Å². The van der Waals surface area contributed by atoms with Crippen molar-refractivity contribution < 1.29 is 17.9 Å². The number of benzene rings is 2. The highest BCUT2D eigenvalue weighted by atomic mass is 32.2. The third-order valence-electron chi connectivity index (χ3n) is 4.20. The van der Waals surface area contributed by atoms with Gasteiger partial charge in [-0.2, -0.15) is 0 Å². The third kappa shape index (κ3) is 3.08. The van der Waals surface area contributed by atoms with Crippen LogP contribution < -0.4 is 4.31 Å². The second-order valence-electron chi connectivity index (χ2n) is 5.71. The van der Waals surface area contributed by atoms with Crippen LogP contribution in [0.4, 0.5) is 5.00 Å². The van der Waals surface area contributed by atoms with E-state index in [0.717, 1.165) is 15.6 Å². The molecular formula is C19H19NO4S2. The van der Waals surface area contributed by atoms with Crippen LogP contribution in [0.3, 0.4) is 0 Å². The summed E-state index contributed by atoms with van der Waals surface area (Å²) in [6, 6.07) is 13.7. The Morgan fingerprint density at radius 3 is 2.35 bits per heavy atom. The van der Waals surface area contributed by atoms with Crippen molar-refractivity contribution in [2.45, 2.75) is 18.7 Å². The van der Waals surface area contributed by atoms with Crippen LogP contribution in [0.25, 0.3) is 10.1 Å². The predicted molar refractivity (Wildman–Crippen MR) is 105 cm³/mol. The highest BCUT2D eigenvalue weighted by Gasteiger charge is 2.27. The van der Waals surface area contributed by atoms with E-state index in [-0.39, 0.29) is 4.90 Å². The average molecular weight is 389 g/mol. The summed E-state index contributed by atoms with van der Waals surface area (Å²) >= 11 is 1.46. The number of rotatable bonds is 5. The number of fused-ring (bicyclic) bond motifs is 1. The van der Waals surface area contributed by atoms with Crippen LogP contribution >= 0.6 is 11.3 Å². The number of ether oxygens (including phenoxy) is 1. The first-order chi connectivity index (χ1) is 12.4. The van der Waals surface area contributed by atoms with E-state index in [1.54, 1.807) is 0 Å². The van der Waals surface area contributed by atoms with Gasteiger partial charge in [0.1, 0.15) is 5.00 Å². The lowest BCUT2D eigenvalue weighted by molar-refractivity contribution is 0.0600. The summed E-state index contributed by atoms with van der Waals surface area (Å²) in [7, 11) is -2.44. The van der Waals surface area contributed by atoms with Gasteiger partial charge < -0.3 is 4.74 Å². The fraction of sp³-hybridized carbons (Fsp3) is 0.211. The molecule has 7 heteroatoms. The maximum atomic E-state index is 13.2. The van der Waals surface area contributed by atoms with Gasteiger partial charge in [0.15, 0.2) is 0 Å². The van der Waals surface area contributed by atoms with Gasteiger partial charge in [0.2, 0.25) is 0 Å². The average Bonchev–Trinajstić information content (AvgIpc) is 2.98. The second-order valence-corrected chi connectivity index (χ2v) is 8.61. The Labute approximate surface area is 156 Å². The predicted octanol–water partition coefficient (Wildman–Crippen LogP) is 4.21. The van der Waals surface area contributed by atoms with Gasteiger partial charge in [0.05, 0.1) is 17.6 Å². The SMILES string of the molecule is CCN(c1sc2ccccc2c1C)S(=O)(=O)c1ccc(C(=O)OC)cc1. The van der Waals surface area contributed by atoms with Crippen LogP contribution in [0.1, 0.15) is 22.8 Å². The number of carbonyl (C=O) groups is 1. The van der Waals surface area contributed by atoms with Crippen molar-refractivity contribution in [2.24, 2.45) is 0 Å². The molecule has 0 saturated carbocycles. The Balaban J connectivity index is 2.05. The summed E-state index contributed by atoms with van der Waals surface area (Å²) in [5, 5.41) is 1.77. The van der Waals surface area contributed by atoms with Gasteiger partial charge in [-0.3, -0.25) is 4.31 Å². The molecule has 136 valence electrons. The smallest absolute Gasteiger partial charge is 0.337 e. The lowest BCUT2D eigenvalue weighted by Gasteiger charge is -2.22. The van der Waals surface area contributed by atoms with Crippen LogP contribution in [0.15, 0.2) is 53.4 Å². The summed E-state index contributed by atoms with van der Waals surface area (Å²) in [6.45, 7) is 4.06. The number of nitrogens with zero attached hydrogens (tertiary/aromatic N) is 1. The molecule has 0 aliphatic rings. The van der Waals surface area contributed by atoms with Crippen molar-refractivity contribution >= 4 is 42.4 Å². The molecule has 0 radical (unpaired) electrons. The van der Waals surface area contributed by atoms with Gasteiger partial charge in [-0.05, 0) is 55.1 Å². The van der Waals surface area contributed by atoms with Crippen molar-refractivity contribution in [3.63, 3.8) is 0 Å².